The van der Waals surface area contributed by atoms with E-state index in [0.29, 0.717) is 10.6 Å². The standard InChI is InChI=1S/C26H18Cl5F2N3O3/c1-2-19(37)36-23-17(32)7-8-18(22(23)33)35-24(38)13-10-12(4-6-14(13)27)34-25(39)21-20(26(21,30)31)11-3-5-15(28)16(29)9-11/h3-10,20-21H,2H2,1H3,(H,34,39)(H,35,38)(H,36,37)/t20-,21?/m0/s1. The summed E-state index contributed by atoms with van der Waals surface area (Å²) in [6, 6.07) is 10.8. The Kier molecular flexibility index (Phi) is 8.64. The predicted molar refractivity (Wildman–Crippen MR) is 150 cm³/mol. The molecule has 1 fully saturated rings. The summed E-state index contributed by atoms with van der Waals surface area (Å²) in [5.41, 5.74) is -0.388. The fraction of sp³-hybridized carbons (Fsp3) is 0.192. The Morgan fingerprint density at radius 1 is 0.872 bits per heavy atom. The number of hydrogen-bond acceptors (Lipinski definition) is 3. The number of nitrogens with one attached hydrogen (secondary N) is 3. The van der Waals surface area contributed by atoms with Crippen molar-refractivity contribution in [2.45, 2.75) is 23.6 Å². The summed E-state index contributed by atoms with van der Waals surface area (Å²) >= 11 is 31.0. The summed E-state index contributed by atoms with van der Waals surface area (Å²) in [5, 5.41) is 7.69. The highest BCUT2D eigenvalue weighted by atomic mass is 35.5. The minimum atomic E-state index is -1.40. The van der Waals surface area contributed by atoms with Gasteiger partial charge >= 0.3 is 0 Å². The lowest BCUT2D eigenvalue weighted by atomic mass is 10.1. The second-order valence-corrected chi connectivity index (χ2v) is 11.3. The molecule has 4 rings (SSSR count). The molecule has 3 N–H and O–H groups in total. The van der Waals surface area contributed by atoms with Crippen molar-refractivity contribution in [3.8, 4) is 0 Å². The van der Waals surface area contributed by atoms with Gasteiger partial charge in [-0.05, 0) is 48.0 Å². The van der Waals surface area contributed by atoms with Gasteiger partial charge < -0.3 is 16.0 Å². The van der Waals surface area contributed by atoms with Crippen LogP contribution in [0.5, 0.6) is 0 Å². The maximum atomic E-state index is 14.9. The number of benzene rings is 3. The molecule has 13 heteroatoms. The minimum Gasteiger partial charge on any atom is -0.326 e. The van der Waals surface area contributed by atoms with Crippen molar-refractivity contribution < 1.29 is 23.2 Å². The molecule has 0 aliphatic heterocycles. The second kappa shape index (κ2) is 11.5. The zero-order valence-electron chi connectivity index (χ0n) is 19.9. The maximum Gasteiger partial charge on any atom is 0.257 e. The Hall–Kier alpha value is -2.62. The van der Waals surface area contributed by atoms with Gasteiger partial charge in [-0.3, -0.25) is 14.4 Å². The summed E-state index contributed by atoms with van der Waals surface area (Å²) in [6.45, 7) is 1.52. The number of rotatable bonds is 7. The smallest absolute Gasteiger partial charge is 0.257 e. The number of carbonyl (C=O) groups is 3. The molecule has 1 aliphatic rings. The van der Waals surface area contributed by atoms with Crippen LogP contribution in [0.25, 0.3) is 0 Å². The third-order valence-corrected chi connectivity index (χ3v) is 8.05. The molecule has 1 unspecified atom stereocenters. The molecule has 0 bridgehead atoms. The van der Waals surface area contributed by atoms with Crippen molar-refractivity contribution in [3.05, 3.63) is 86.4 Å². The van der Waals surface area contributed by atoms with Gasteiger partial charge in [-0.2, -0.15) is 0 Å². The van der Waals surface area contributed by atoms with Crippen molar-refractivity contribution in [3.63, 3.8) is 0 Å². The van der Waals surface area contributed by atoms with Gasteiger partial charge in [0.15, 0.2) is 5.82 Å². The molecule has 0 saturated heterocycles. The van der Waals surface area contributed by atoms with Crippen LogP contribution in [0.4, 0.5) is 25.8 Å². The predicted octanol–water partition coefficient (Wildman–Crippen LogP) is 8.05. The molecule has 0 spiro atoms. The minimum absolute atomic E-state index is 0.00309. The Morgan fingerprint density at radius 2 is 1.56 bits per heavy atom. The zero-order chi connectivity index (χ0) is 28.6. The van der Waals surface area contributed by atoms with E-state index in [1.807, 2.05) is 0 Å². The number of hydrogen-bond donors (Lipinski definition) is 3. The molecule has 3 amide bonds. The fourth-order valence-corrected chi connectivity index (χ4v) is 5.29. The highest BCUT2D eigenvalue weighted by Crippen LogP contribution is 2.65. The first-order valence-corrected chi connectivity index (χ1v) is 13.3. The van der Waals surface area contributed by atoms with Gasteiger partial charge in [0, 0.05) is 18.0 Å². The summed E-state index contributed by atoms with van der Waals surface area (Å²) in [5.74, 6) is -5.56. The molecule has 1 aliphatic carbocycles. The molecule has 0 heterocycles. The van der Waals surface area contributed by atoms with E-state index < -0.39 is 56.9 Å². The molecule has 0 aromatic heterocycles. The number of amides is 3. The van der Waals surface area contributed by atoms with Crippen LogP contribution in [-0.2, 0) is 9.59 Å². The second-order valence-electron chi connectivity index (χ2n) is 8.63. The topological polar surface area (TPSA) is 87.3 Å². The number of carbonyl (C=O) groups excluding carboxylic acids is 3. The van der Waals surface area contributed by atoms with Gasteiger partial charge in [-0.15, -0.1) is 23.2 Å². The van der Waals surface area contributed by atoms with Gasteiger partial charge in [0.1, 0.15) is 15.8 Å². The lowest BCUT2D eigenvalue weighted by molar-refractivity contribution is -0.117. The molecule has 1 saturated carbocycles. The first-order chi connectivity index (χ1) is 18.3. The van der Waals surface area contributed by atoms with E-state index in [9.17, 15) is 23.2 Å². The molecule has 2 atom stereocenters. The summed E-state index contributed by atoms with van der Waals surface area (Å²) in [4.78, 5) is 37.6. The number of halogens is 7. The highest BCUT2D eigenvalue weighted by molar-refractivity contribution is 6.53. The molecule has 6 nitrogen and oxygen atoms in total. The van der Waals surface area contributed by atoms with E-state index in [-0.39, 0.29) is 27.7 Å². The first kappa shape index (κ1) is 29.4. The lowest BCUT2D eigenvalue weighted by Gasteiger charge is -2.13. The van der Waals surface area contributed by atoms with Crippen LogP contribution in [0.2, 0.25) is 15.1 Å². The number of anilines is 3. The van der Waals surface area contributed by atoms with Crippen LogP contribution in [0.1, 0.15) is 35.2 Å². The van der Waals surface area contributed by atoms with Gasteiger partial charge in [0.25, 0.3) is 5.91 Å². The van der Waals surface area contributed by atoms with Crippen LogP contribution in [-0.4, -0.2) is 22.1 Å². The third kappa shape index (κ3) is 6.10. The van der Waals surface area contributed by atoms with Crippen LogP contribution >= 0.6 is 58.0 Å². The molecule has 204 valence electrons. The quantitative estimate of drug-likeness (QED) is 0.230. The average molecular weight is 636 g/mol. The lowest BCUT2D eigenvalue weighted by Crippen LogP contribution is -2.19. The molecule has 39 heavy (non-hydrogen) atoms. The van der Waals surface area contributed by atoms with Crippen LogP contribution in [0.3, 0.4) is 0 Å². The Morgan fingerprint density at radius 3 is 2.23 bits per heavy atom. The van der Waals surface area contributed by atoms with Crippen molar-refractivity contribution in [2.75, 3.05) is 16.0 Å². The van der Waals surface area contributed by atoms with E-state index >= 15 is 0 Å². The van der Waals surface area contributed by atoms with Crippen molar-refractivity contribution in [2.24, 2.45) is 5.92 Å². The van der Waals surface area contributed by atoms with E-state index in [1.54, 1.807) is 18.2 Å². The Bertz CT molecular complexity index is 1500. The van der Waals surface area contributed by atoms with Gasteiger partial charge in [0.05, 0.1) is 32.2 Å². The first-order valence-electron chi connectivity index (χ1n) is 11.4. The van der Waals surface area contributed by atoms with E-state index in [0.717, 1.165) is 12.1 Å². The summed E-state index contributed by atoms with van der Waals surface area (Å²) in [6.07, 6.45) is -0.00675. The van der Waals surface area contributed by atoms with Crippen LogP contribution < -0.4 is 16.0 Å². The van der Waals surface area contributed by atoms with Crippen LogP contribution in [0.15, 0.2) is 48.5 Å². The average Bonchev–Trinajstić information content (AvgIpc) is 3.47. The van der Waals surface area contributed by atoms with Crippen LogP contribution in [0, 0.1) is 17.6 Å². The van der Waals surface area contributed by atoms with E-state index in [1.165, 1.54) is 25.1 Å². The van der Waals surface area contributed by atoms with Crippen molar-refractivity contribution >= 4 is 92.8 Å². The van der Waals surface area contributed by atoms with Crippen molar-refractivity contribution in [1.29, 1.82) is 0 Å². The Balaban J connectivity index is 1.52. The zero-order valence-corrected chi connectivity index (χ0v) is 23.6. The van der Waals surface area contributed by atoms with Gasteiger partial charge in [-0.25, -0.2) is 8.78 Å². The summed E-state index contributed by atoms with van der Waals surface area (Å²) < 4.78 is 27.5. The van der Waals surface area contributed by atoms with Gasteiger partial charge in [0.2, 0.25) is 11.8 Å². The number of alkyl halides is 2. The van der Waals surface area contributed by atoms with E-state index in [4.69, 9.17) is 58.0 Å². The normalized spacial score (nSPS) is 17.3. The SMILES string of the molecule is CCC(=O)Nc1c(F)ccc(NC(=O)c2cc(NC(=O)C3[C@H](c4ccc(Cl)c(Cl)c4)C3(Cl)Cl)ccc2Cl)c1F. The molecule has 0 radical (unpaired) electrons. The molecular weight excluding hydrogens is 618 g/mol. The highest BCUT2D eigenvalue weighted by Gasteiger charge is 2.67. The van der Waals surface area contributed by atoms with Crippen molar-refractivity contribution in [1.82, 2.24) is 0 Å². The maximum absolute atomic E-state index is 14.9. The monoisotopic (exact) mass is 633 g/mol. The molecule has 3 aromatic rings. The third-order valence-electron chi connectivity index (χ3n) is 6.04. The van der Waals surface area contributed by atoms with Gasteiger partial charge in [-0.1, -0.05) is 47.8 Å². The Labute approximate surface area is 246 Å². The summed E-state index contributed by atoms with van der Waals surface area (Å²) in [7, 11) is 0. The largest absolute Gasteiger partial charge is 0.326 e. The van der Waals surface area contributed by atoms with E-state index in [2.05, 4.69) is 16.0 Å². The molecular formula is C26H18Cl5F2N3O3. The molecule has 3 aromatic carbocycles. The fourth-order valence-electron chi connectivity index (χ4n) is 3.95.